The number of carbonyl (C=O) groups is 2. The van der Waals surface area contributed by atoms with Crippen LogP contribution in [0.15, 0.2) is 18.2 Å². The van der Waals surface area contributed by atoms with Crippen molar-refractivity contribution in [1.29, 1.82) is 0 Å². The molecule has 1 N–H and O–H groups in total. The number of ether oxygens (including phenoxy) is 3. The average Bonchev–Trinajstić information content (AvgIpc) is 3.22. The van der Waals surface area contributed by atoms with Crippen molar-refractivity contribution in [3.8, 4) is 11.5 Å². The number of benzene rings is 1. The van der Waals surface area contributed by atoms with Crippen LogP contribution in [-0.4, -0.2) is 32.7 Å². The number of fused-ring (bicyclic) bond motifs is 2. The predicted molar refractivity (Wildman–Crippen MR) is 92.7 cm³/mol. The number of nitrogens with one attached hydrogen (secondary N) is 1. The van der Waals surface area contributed by atoms with E-state index in [4.69, 9.17) is 14.2 Å². The average molecular weight is 347 g/mol. The van der Waals surface area contributed by atoms with Gasteiger partial charge in [0.05, 0.1) is 14.2 Å². The summed E-state index contributed by atoms with van der Waals surface area (Å²) in [7, 11) is 3.08. The molecule has 25 heavy (non-hydrogen) atoms. The van der Waals surface area contributed by atoms with Crippen LogP contribution in [0.1, 0.15) is 32.1 Å². The fourth-order valence-electron chi connectivity index (χ4n) is 4.16. The van der Waals surface area contributed by atoms with E-state index in [1.54, 1.807) is 25.3 Å². The predicted octanol–water partition coefficient (Wildman–Crippen LogP) is 3.01. The van der Waals surface area contributed by atoms with Gasteiger partial charge in [-0.15, -0.1) is 0 Å². The fourth-order valence-corrected chi connectivity index (χ4v) is 4.16. The molecule has 3 atom stereocenters. The SMILES string of the molecule is COc1ccc(NC(=O)COC(=O)C[C@H]2C[C@@H]3CC[C@@H]2C3)cc1OC. The van der Waals surface area contributed by atoms with Crippen molar-refractivity contribution in [3.05, 3.63) is 18.2 Å². The molecule has 6 nitrogen and oxygen atoms in total. The summed E-state index contributed by atoms with van der Waals surface area (Å²) in [6.07, 6.45) is 5.38. The molecule has 2 bridgehead atoms. The highest BCUT2D eigenvalue weighted by atomic mass is 16.5. The van der Waals surface area contributed by atoms with Gasteiger partial charge < -0.3 is 19.5 Å². The molecule has 0 aliphatic heterocycles. The van der Waals surface area contributed by atoms with E-state index in [2.05, 4.69) is 5.32 Å². The van der Waals surface area contributed by atoms with Gasteiger partial charge in [0, 0.05) is 18.2 Å². The Balaban J connectivity index is 1.44. The molecule has 0 spiro atoms. The van der Waals surface area contributed by atoms with Crippen LogP contribution < -0.4 is 14.8 Å². The third kappa shape index (κ3) is 4.24. The van der Waals surface area contributed by atoms with E-state index in [1.165, 1.54) is 26.4 Å². The summed E-state index contributed by atoms with van der Waals surface area (Å²) in [6.45, 7) is -0.270. The highest BCUT2D eigenvalue weighted by Gasteiger charge is 2.40. The maximum atomic E-state index is 12.0. The normalized spacial score (nSPS) is 24.0. The van der Waals surface area contributed by atoms with Crippen molar-refractivity contribution < 1.29 is 23.8 Å². The van der Waals surface area contributed by atoms with Crippen molar-refractivity contribution in [2.75, 3.05) is 26.1 Å². The Labute approximate surface area is 147 Å². The number of rotatable bonds is 7. The number of hydrogen-bond acceptors (Lipinski definition) is 5. The molecule has 2 saturated carbocycles. The lowest BCUT2D eigenvalue weighted by Gasteiger charge is -2.20. The summed E-state index contributed by atoms with van der Waals surface area (Å²) in [5.41, 5.74) is 0.562. The molecule has 0 saturated heterocycles. The van der Waals surface area contributed by atoms with Gasteiger partial charge in [0.2, 0.25) is 0 Å². The van der Waals surface area contributed by atoms with Gasteiger partial charge in [-0.2, -0.15) is 0 Å². The second-order valence-electron chi connectivity index (χ2n) is 6.92. The highest BCUT2D eigenvalue weighted by molar-refractivity contribution is 5.93. The van der Waals surface area contributed by atoms with Gasteiger partial charge in [0.15, 0.2) is 18.1 Å². The van der Waals surface area contributed by atoms with E-state index in [0.717, 1.165) is 12.3 Å². The molecule has 136 valence electrons. The molecule has 0 unspecified atom stereocenters. The molecule has 2 aliphatic carbocycles. The van der Waals surface area contributed by atoms with Gasteiger partial charge in [0.1, 0.15) is 0 Å². The molecule has 6 heteroatoms. The van der Waals surface area contributed by atoms with Crippen LogP contribution in [0.2, 0.25) is 0 Å². The van der Waals surface area contributed by atoms with E-state index in [-0.39, 0.29) is 18.5 Å². The standard InChI is InChI=1S/C19H25NO5/c1-23-16-6-5-15(10-17(16)24-2)20-18(21)11-25-19(22)9-14-8-12-3-4-13(14)7-12/h5-6,10,12-14H,3-4,7-9,11H2,1-2H3,(H,20,21)/t12-,13-,14-/m1/s1. The maximum Gasteiger partial charge on any atom is 0.306 e. The molecule has 1 aromatic carbocycles. The first-order valence-electron chi connectivity index (χ1n) is 8.76. The minimum atomic E-state index is -0.367. The Morgan fingerprint density at radius 3 is 2.56 bits per heavy atom. The van der Waals surface area contributed by atoms with Gasteiger partial charge in [-0.3, -0.25) is 9.59 Å². The molecule has 2 aliphatic rings. The zero-order chi connectivity index (χ0) is 17.8. The van der Waals surface area contributed by atoms with Crippen molar-refractivity contribution in [2.45, 2.75) is 32.1 Å². The van der Waals surface area contributed by atoms with Crippen LogP contribution in [0.3, 0.4) is 0 Å². The maximum absolute atomic E-state index is 12.0. The molecule has 0 aromatic heterocycles. The van der Waals surface area contributed by atoms with E-state index < -0.39 is 0 Å². The van der Waals surface area contributed by atoms with Gasteiger partial charge >= 0.3 is 5.97 Å². The summed E-state index contributed by atoms with van der Waals surface area (Å²) >= 11 is 0. The second-order valence-corrected chi connectivity index (χ2v) is 6.92. The first-order valence-corrected chi connectivity index (χ1v) is 8.76. The number of amides is 1. The third-order valence-electron chi connectivity index (χ3n) is 5.34. The number of hydrogen-bond donors (Lipinski definition) is 1. The monoisotopic (exact) mass is 347 g/mol. The Bertz CT molecular complexity index is 645. The van der Waals surface area contributed by atoms with Crippen molar-refractivity contribution in [2.24, 2.45) is 17.8 Å². The van der Waals surface area contributed by atoms with Gasteiger partial charge in [-0.1, -0.05) is 6.42 Å². The first-order chi connectivity index (χ1) is 12.1. The lowest BCUT2D eigenvalue weighted by Crippen LogP contribution is -2.23. The third-order valence-corrected chi connectivity index (χ3v) is 5.34. The lowest BCUT2D eigenvalue weighted by molar-refractivity contribution is -0.148. The second kappa shape index (κ2) is 7.76. The zero-order valence-corrected chi connectivity index (χ0v) is 14.7. The number of esters is 1. The quantitative estimate of drug-likeness (QED) is 0.768. The summed E-state index contributed by atoms with van der Waals surface area (Å²) in [5, 5.41) is 2.69. The van der Waals surface area contributed by atoms with Crippen LogP contribution in [0.4, 0.5) is 5.69 Å². The summed E-state index contributed by atoms with van der Waals surface area (Å²) in [5.74, 6) is 2.38. The Morgan fingerprint density at radius 1 is 1.12 bits per heavy atom. The summed E-state index contributed by atoms with van der Waals surface area (Å²) in [4.78, 5) is 24.0. The van der Waals surface area contributed by atoms with Crippen LogP contribution in [-0.2, 0) is 14.3 Å². The van der Waals surface area contributed by atoms with E-state index in [0.29, 0.717) is 35.4 Å². The zero-order valence-electron chi connectivity index (χ0n) is 14.7. The molecule has 0 heterocycles. The van der Waals surface area contributed by atoms with Crippen LogP contribution in [0, 0.1) is 17.8 Å². The molecule has 1 amide bonds. The van der Waals surface area contributed by atoms with Crippen LogP contribution in [0.5, 0.6) is 11.5 Å². The van der Waals surface area contributed by atoms with Crippen LogP contribution in [0.25, 0.3) is 0 Å². The number of anilines is 1. The lowest BCUT2D eigenvalue weighted by atomic mass is 9.86. The first kappa shape index (κ1) is 17.6. The number of methoxy groups -OCH3 is 2. The molecule has 0 radical (unpaired) electrons. The minimum Gasteiger partial charge on any atom is -0.493 e. The Kier molecular flexibility index (Phi) is 5.46. The molecular formula is C19H25NO5. The highest BCUT2D eigenvalue weighted by Crippen LogP contribution is 2.49. The fraction of sp³-hybridized carbons (Fsp3) is 0.579. The smallest absolute Gasteiger partial charge is 0.306 e. The van der Waals surface area contributed by atoms with Crippen LogP contribution >= 0.6 is 0 Å². The van der Waals surface area contributed by atoms with E-state index in [9.17, 15) is 9.59 Å². The molecule has 3 rings (SSSR count). The van der Waals surface area contributed by atoms with Crippen molar-refractivity contribution in [3.63, 3.8) is 0 Å². The van der Waals surface area contributed by atoms with Gasteiger partial charge in [-0.25, -0.2) is 0 Å². The molecular weight excluding hydrogens is 322 g/mol. The summed E-state index contributed by atoms with van der Waals surface area (Å²) in [6, 6.07) is 5.07. The molecule has 1 aromatic rings. The van der Waals surface area contributed by atoms with Gasteiger partial charge in [0.25, 0.3) is 5.91 Å². The Hall–Kier alpha value is -2.24. The van der Waals surface area contributed by atoms with E-state index >= 15 is 0 Å². The number of carbonyl (C=O) groups excluding carboxylic acids is 2. The van der Waals surface area contributed by atoms with E-state index in [1.807, 2.05) is 0 Å². The van der Waals surface area contributed by atoms with Crippen molar-refractivity contribution in [1.82, 2.24) is 0 Å². The van der Waals surface area contributed by atoms with Crippen molar-refractivity contribution >= 4 is 17.6 Å². The molecule has 2 fully saturated rings. The van der Waals surface area contributed by atoms with Gasteiger partial charge in [-0.05, 0) is 49.1 Å². The Morgan fingerprint density at radius 2 is 1.92 bits per heavy atom. The minimum absolute atomic E-state index is 0.270. The largest absolute Gasteiger partial charge is 0.493 e. The topological polar surface area (TPSA) is 73.9 Å². The summed E-state index contributed by atoms with van der Waals surface area (Å²) < 4.78 is 15.5.